The van der Waals surface area contributed by atoms with Gasteiger partial charge in [0.25, 0.3) is 0 Å². The van der Waals surface area contributed by atoms with Gasteiger partial charge in [-0.3, -0.25) is 5.32 Å². The molecule has 0 aliphatic carbocycles. The number of hydrogen-bond donors (Lipinski definition) is 3. The Morgan fingerprint density at radius 1 is 1.16 bits per heavy atom. The molecule has 0 radical (unpaired) electrons. The lowest BCUT2D eigenvalue weighted by molar-refractivity contribution is 0.168. The van der Waals surface area contributed by atoms with Crippen LogP contribution in [0.4, 0.5) is 16.2 Å². The van der Waals surface area contributed by atoms with E-state index < -0.39 is 21.7 Å². The van der Waals surface area contributed by atoms with Gasteiger partial charge in [-0.2, -0.15) is 0 Å². The van der Waals surface area contributed by atoms with E-state index in [9.17, 15) is 13.2 Å². The van der Waals surface area contributed by atoms with Gasteiger partial charge in [-0.25, -0.2) is 22.9 Å². The van der Waals surface area contributed by atoms with Crippen LogP contribution >= 0.6 is 11.3 Å². The second-order valence-electron chi connectivity index (χ2n) is 8.06. The highest BCUT2D eigenvalue weighted by atomic mass is 32.2. The third-order valence-electron chi connectivity index (χ3n) is 4.16. The standard InChI is InChI=1S/C22H26N4O4S2/c1-5-30-21(27)25-16-10-11-17(19(12-16)32(28,29)26-22(2,3)4)18-13-24-20(31-18)14-6-8-15(23)9-7-14/h6-13,26H,5,23H2,1-4H3,(H,25,27). The lowest BCUT2D eigenvalue weighted by atomic mass is 10.1. The molecule has 8 nitrogen and oxygen atoms in total. The van der Waals surface area contributed by atoms with E-state index in [-0.39, 0.29) is 11.5 Å². The van der Waals surface area contributed by atoms with E-state index >= 15 is 0 Å². The van der Waals surface area contributed by atoms with Gasteiger partial charge in [0.15, 0.2) is 0 Å². The van der Waals surface area contributed by atoms with Crippen molar-refractivity contribution in [1.29, 1.82) is 0 Å². The molecule has 0 aliphatic rings. The summed E-state index contributed by atoms with van der Waals surface area (Å²) in [6.45, 7) is 7.17. The van der Waals surface area contributed by atoms with E-state index in [1.807, 2.05) is 12.1 Å². The number of sulfonamides is 1. The molecule has 3 rings (SSSR count). The number of carbonyl (C=O) groups excluding carboxylic acids is 1. The molecule has 1 heterocycles. The summed E-state index contributed by atoms with van der Waals surface area (Å²) in [5, 5.41) is 3.29. The Morgan fingerprint density at radius 2 is 1.84 bits per heavy atom. The summed E-state index contributed by atoms with van der Waals surface area (Å²) in [5.41, 5.74) is 7.39. The van der Waals surface area contributed by atoms with E-state index in [4.69, 9.17) is 10.5 Å². The number of ether oxygens (including phenoxy) is 1. The van der Waals surface area contributed by atoms with E-state index in [1.54, 1.807) is 58.2 Å². The molecule has 0 unspecified atom stereocenters. The quantitative estimate of drug-likeness (QED) is 0.445. The predicted molar refractivity (Wildman–Crippen MR) is 128 cm³/mol. The fraction of sp³-hybridized carbons (Fsp3) is 0.273. The molecular weight excluding hydrogens is 448 g/mol. The number of nitrogens with two attached hydrogens (primary N) is 1. The zero-order chi connectivity index (χ0) is 23.5. The first-order chi connectivity index (χ1) is 15.0. The summed E-state index contributed by atoms with van der Waals surface area (Å²) >= 11 is 1.36. The van der Waals surface area contributed by atoms with Gasteiger partial charge in [-0.15, -0.1) is 11.3 Å². The molecule has 0 bridgehead atoms. The molecule has 1 amide bonds. The molecule has 10 heteroatoms. The normalized spacial score (nSPS) is 11.9. The number of amides is 1. The minimum atomic E-state index is -3.91. The van der Waals surface area contributed by atoms with Crippen LogP contribution in [0.15, 0.2) is 53.6 Å². The Labute approximate surface area is 191 Å². The van der Waals surface area contributed by atoms with Crippen molar-refractivity contribution in [3.63, 3.8) is 0 Å². The van der Waals surface area contributed by atoms with Gasteiger partial charge in [-0.1, -0.05) is 6.07 Å². The largest absolute Gasteiger partial charge is 0.450 e. The number of nitrogen functional groups attached to an aromatic ring is 1. The van der Waals surface area contributed by atoms with Crippen LogP contribution in [0.25, 0.3) is 21.0 Å². The van der Waals surface area contributed by atoms with Crippen LogP contribution in [-0.2, 0) is 14.8 Å². The maximum atomic E-state index is 13.2. The minimum absolute atomic E-state index is 0.0363. The highest BCUT2D eigenvalue weighted by Gasteiger charge is 2.26. The van der Waals surface area contributed by atoms with Gasteiger partial charge in [0.1, 0.15) is 5.01 Å². The maximum absolute atomic E-state index is 13.2. The molecule has 32 heavy (non-hydrogen) atoms. The van der Waals surface area contributed by atoms with Crippen molar-refractivity contribution in [2.24, 2.45) is 0 Å². The molecule has 0 spiro atoms. The molecule has 0 saturated heterocycles. The second-order valence-corrected chi connectivity index (χ2v) is 10.7. The number of nitrogens with zero attached hydrogens (tertiary/aromatic N) is 1. The van der Waals surface area contributed by atoms with Crippen molar-refractivity contribution in [3.8, 4) is 21.0 Å². The van der Waals surface area contributed by atoms with Crippen LogP contribution in [0.5, 0.6) is 0 Å². The number of nitrogens with one attached hydrogen (secondary N) is 2. The van der Waals surface area contributed by atoms with Crippen LogP contribution in [0.3, 0.4) is 0 Å². The third kappa shape index (κ3) is 5.84. The topological polar surface area (TPSA) is 123 Å². The van der Waals surface area contributed by atoms with Crippen molar-refractivity contribution >= 4 is 38.8 Å². The number of thiazole rings is 1. The molecule has 2 aromatic carbocycles. The minimum Gasteiger partial charge on any atom is -0.450 e. The molecule has 0 atom stereocenters. The first kappa shape index (κ1) is 23.7. The molecule has 1 aromatic heterocycles. The van der Waals surface area contributed by atoms with Gasteiger partial charge >= 0.3 is 6.09 Å². The number of aromatic nitrogens is 1. The molecule has 0 aliphatic heterocycles. The third-order valence-corrected chi connectivity index (χ3v) is 7.04. The smallest absolute Gasteiger partial charge is 0.411 e. The Hall–Kier alpha value is -2.95. The Bertz CT molecular complexity index is 1210. The average molecular weight is 475 g/mol. The van der Waals surface area contributed by atoms with Crippen LogP contribution in [-0.4, -0.2) is 31.6 Å². The second kappa shape index (κ2) is 9.27. The van der Waals surface area contributed by atoms with Crippen molar-refractivity contribution in [2.45, 2.75) is 38.1 Å². The average Bonchev–Trinajstić information content (AvgIpc) is 3.17. The van der Waals surface area contributed by atoms with Gasteiger partial charge in [0.05, 0.1) is 16.4 Å². The number of rotatable bonds is 6. The summed E-state index contributed by atoms with van der Waals surface area (Å²) in [5.74, 6) is 0. The monoisotopic (exact) mass is 474 g/mol. The van der Waals surface area contributed by atoms with Crippen LogP contribution < -0.4 is 15.8 Å². The van der Waals surface area contributed by atoms with Crippen molar-refractivity contribution in [2.75, 3.05) is 17.7 Å². The number of hydrogen-bond acceptors (Lipinski definition) is 7. The molecule has 170 valence electrons. The van der Waals surface area contributed by atoms with Crippen LogP contribution in [0.1, 0.15) is 27.7 Å². The number of carbonyl (C=O) groups is 1. The SMILES string of the molecule is CCOC(=O)Nc1ccc(-c2cnc(-c3ccc(N)cc3)s2)c(S(=O)(=O)NC(C)(C)C)c1. The van der Waals surface area contributed by atoms with Crippen molar-refractivity contribution < 1.29 is 17.9 Å². The van der Waals surface area contributed by atoms with E-state index in [0.29, 0.717) is 21.8 Å². The fourth-order valence-corrected chi connectivity index (χ4v) is 5.62. The number of anilines is 2. The highest BCUT2D eigenvalue weighted by Crippen LogP contribution is 2.37. The summed E-state index contributed by atoms with van der Waals surface area (Å²) in [6.07, 6.45) is 0.982. The zero-order valence-corrected chi connectivity index (χ0v) is 19.9. The highest BCUT2D eigenvalue weighted by molar-refractivity contribution is 7.89. The van der Waals surface area contributed by atoms with Gasteiger partial charge < -0.3 is 10.5 Å². The van der Waals surface area contributed by atoms with Crippen LogP contribution in [0, 0.1) is 0 Å². The molecule has 0 fully saturated rings. The summed E-state index contributed by atoms with van der Waals surface area (Å²) < 4.78 is 34.0. The Balaban J connectivity index is 2.06. The molecule has 0 saturated carbocycles. The van der Waals surface area contributed by atoms with E-state index in [1.165, 1.54) is 17.4 Å². The first-order valence-electron chi connectivity index (χ1n) is 9.92. The Kier molecular flexibility index (Phi) is 6.87. The summed E-state index contributed by atoms with van der Waals surface area (Å²) in [6, 6.07) is 12.0. The first-order valence-corrected chi connectivity index (χ1v) is 12.2. The van der Waals surface area contributed by atoms with Crippen molar-refractivity contribution in [3.05, 3.63) is 48.7 Å². The van der Waals surface area contributed by atoms with Gasteiger partial charge in [0.2, 0.25) is 10.0 Å². The van der Waals surface area contributed by atoms with Crippen molar-refractivity contribution in [1.82, 2.24) is 9.71 Å². The lowest BCUT2D eigenvalue weighted by Crippen LogP contribution is -2.40. The van der Waals surface area contributed by atoms with Crippen LogP contribution in [0.2, 0.25) is 0 Å². The summed E-state index contributed by atoms with van der Waals surface area (Å²) in [7, 11) is -3.91. The van der Waals surface area contributed by atoms with E-state index in [0.717, 1.165) is 10.6 Å². The lowest BCUT2D eigenvalue weighted by Gasteiger charge is -2.22. The van der Waals surface area contributed by atoms with Gasteiger partial charge in [-0.05, 0) is 64.1 Å². The molecule has 4 N–H and O–H groups in total. The number of benzene rings is 2. The van der Waals surface area contributed by atoms with Gasteiger partial charge in [0, 0.05) is 34.2 Å². The molecular formula is C22H26N4O4S2. The van der Waals surface area contributed by atoms with E-state index in [2.05, 4.69) is 15.0 Å². The zero-order valence-electron chi connectivity index (χ0n) is 18.3. The predicted octanol–water partition coefficient (Wildman–Crippen LogP) is 4.70. The molecule has 3 aromatic rings. The maximum Gasteiger partial charge on any atom is 0.411 e. The fourth-order valence-electron chi connectivity index (χ4n) is 2.93. The Morgan fingerprint density at radius 3 is 2.47 bits per heavy atom. The summed E-state index contributed by atoms with van der Waals surface area (Å²) in [4.78, 5) is 17.0.